The number of carbonyl (C=O) groups is 3. The number of anilines is 2. The Hall–Kier alpha value is -3.36. The van der Waals surface area contributed by atoms with Crippen molar-refractivity contribution < 1.29 is 19.1 Å². The summed E-state index contributed by atoms with van der Waals surface area (Å²) in [4.78, 5) is 36.9. The van der Waals surface area contributed by atoms with Crippen LogP contribution in [0.25, 0.3) is 0 Å². The Bertz CT molecular complexity index is 1070. The summed E-state index contributed by atoms with van der Waals surface area (Å²) in [6.07, 6.45) is 0. The molecule has 3 rings (SSSR count). The zero-order valence-corrected chi connectivity index (χ0v) is 18.2. The minimum atomic E-state index is -0.362. The molecule has 0 unspecified atom stereocenters. The lowest BCUT2D eigenvalue weighted by Gasteiger charge is -2.10. The van der Waals surface area contributed by atoms with Crippen LogP contribution in [-0.2, 0) is 4.79 Å². The summed E-state index contributed by atoms with van der Waals surface area (Å²) >= 11 is 7.48. The maximum atomic E-state index is 12.6. The fraction of sp³-hybridized carbons (Fsp3) is 0.136. The molecule has 0 spiro atoms. The molecule has 9 heteroatoms. The quantitative estimate of drug-likeness (QED) is 0.466. The van der Waals surface area contributed by atoms with Crippen molar-refractivity contribution in [3.63, 3.8) is 0 Å². The Morgan fingerprint density at radius 3 is 2.45 bits per heavy atom. The van der Waals surface area contributed by atoms with E-state index in [0.29, 0.717) is 39.1 Å². The smallest absolute Gasteiger partial charge is 0.265 e. The second kappa shape index (κ2) is 10.6. The van der Waals surface area contributed by atoms with Gasteiger partial charge < -0.3 is 20.7 Å². The van der Waals surface area contributed by atoms with Crippen LogP contribution in [0.4, 0.5) is 11.4 Å². The van der Waals surface area contributed by atoms with Crippen molar-refractivity contribution in [1.29, 1.82) is 0 Å². The van der Waals surface area contributed by atoms with Gasteiger partial charge >= 0.3 is 0 Å². The highest BCUT2D eigenvalue weighted by Crippen LogP contribution is 2.25. The van der Waals surface area contributed by atoms with Gasteiger partial charge in [-0.1, -0.05) is 17.7 Å². The summed E-state index contributed by atoms with van der Waals surface area (Å²) in [5.74, 6) is -0.351. The molecule has 3 aromatic rings. The van der Waals surface area contributed by atoms with Crippen molar-refractivity contribution in [2.45, 2.75) is 6.92 Å². The Morgan fingerprint density at radius 1 is 1.00 bits per heavy atom. The van der Waals surface area contributed by atoms with Gasteiger partial charge in [0, 0.05) is 17.8 Å². The zero-order chi connectivity index (χ0) is 22.2. The van der Waals surface area contributed by atoms with Crippen molar-refractivity contribution in [3.05, 3.63) is 75.4 Å². The van der Waals surface area contributed by atoms with E-state index in [0.717, 1.165) is 0 Å². The summed E-state index contributed by atoms with van der Waals surface area (Å²) in [6.45, 7) is 2.29. The second-order valence-electron chi connectivity index (χ2n) is 6.35. The van der Waals surface area contributed by atoms with Crippen LogP contribution in [0.2, 0.25) is 5.02 Å². The molecular formula is C22H20ClN3O4S. The number of rotatable bonds is 8. The first-order chi connectivity index (χ1) is 15.0. The highest BCUT2D eigenvalue weighted by molar-refractivity contribution is 7.12. The molecule has 3 N–H and O–H groups in total. The number of carbonyl (C=O) groups excluding carboxylic acids is 3. The molecule has 0 radical (unpaired) electrons. The second-order valence-corrected chi connectivity index (χ2v) is 7.70. The molecule has 0 aliphatic rings. The number of amides is 3. The van der Waals surface area contributed by atoms with Gasteiger partial charge in [-0.15, -0.1) is 11.3 Å². The average molecular weight is 458 g/mol. The third-order valence-corrected chi connectivity index (χ3v) is 5.28. The lowest BCUT2D eigenvalue weighted by molar-refractivity contribution is -0.122. The van der Waals surface area contributed by atoms with Crippen LogP contribution >= 0.6 is 22.9 Å². The molecule has 0 atom stereocenters. The van der Waals surface area contributed by atoms with E-state index < -0.39 is 0 Å². The number of halogens is 1. The summed E-state index contributed by atoms with van der Waals surface area (Å²) in [7, 11) is 0. The summed E-state index contributed by atoms with van der Waals surface area (Å²) in [5.41, 5.74) is 1.23. The monoisotopic (exact) mass is 457 g/mol. The number of hydrogen-bond donors (Lipinski definition) is 3. The predicted molar refractivity (Wildman–Crippen MR) is 122 cm³/mol. The van der Waals surface area contributed by atoms with E-state index in [1.807, 2.05) is 6.92 Å². The first kappa shape index (κ1) is 22.3. The van der Waals surface area contributed by atoms with E-state index in [1.54, 1.807) is 53.9 Å². The highest BCUT2D eigenvalue weighted by atomic mass is 35.5. The minimum Gasteiger partial charge on any atom is -0.484 e. The third kappa shape index (κ3) is 6.31. The van der Waals surface area contributed by atoms with Gasteiger partial charge in [0.1, 0.15) is 5.75 Å². The summed E-state index contributed by atoms with van der Waals surface area (Å²) < 4.78 is 5.38. The highest BCUT2D eigenvalue weighted by Gasteiger charge is 2.13. The molecular weight excluding hydrogens is 438 g/mol. The molecule has 3 amide bonds. The number of ether oxygens (including phenoxy) is 1. The normalized spacial score (nSPS) is 10.3. The summed E-state index contributed by atoms with van der Waals surface area (Å²) in [6, 6.07) is 14.8. The topological polar surface area (TPSA) is 96.5 Å². The third-order valence-electron chi connectivity index (χ3n) is 4.08. The van der Waals surface area contributed by atoms with Gasteiger partial charge in [0.2, 0.25) is 0 Å². The van der Waals surface area contributed by atoms with Crippen LogP contribution in [0.3, 0.4) is 0 Å². The SMILES string of the molecule is CCNC(=O)COc1ccc(NC(=O)c2ccc(Cl)c(NC(=O)c3cccs3)c2)cc1. The van der Waals surface area contributed by atoms with E-state index in [2.05, 4.69) is 16.0 Å². The molecule has 0 saturated carbocycles. The molecule has 2 aromatic carbocycles. The number of benzene rings is 2. The van der Waals surface area contributed by atoms with Gasteiger partial charge in [-0.05, 0) is 60.8 Å². The largest absolute Gasteiger partial charge is 0.484 e. The van der Waals surface area contributed by atoms with Gasteiger partial charge in [-0.25, -0.2) is 0 Å². The number of nitrogens with one attached hydrogen (secondary N) is 3. The Kier molecular flexibility index (Phi) is 7.64. The van der Waals surface area contributed by atoms with Crippen LogP contribution in [0.1, 0.15) is 27.0 Å². The van der Waals surface area contributed by atoms with E-state index in [9.17, 15) is 14.4 Å². The van der Waals surface area contributed by atoms with Gasteiger partial charge in [0.05, 0.1) is 15.6 Å². The van der Waals surface area contributed by atoms with Crippen LogP contribution in [0.15, 0.2) is 60.0 Å². The van der Waals surface area contributed by atoms with Gasteiger partial charge in [0.25, 0.3) is 17.7 Å². The molecule has 0 aliphatic heterocycles. The first-order valence-corrected chi connectivity index (χ1v) is 10.7. The van der Waals surface area contributed by atoms with E-state index in [-0.39, 0.29) is 24.3 Å². The molecule has 1 aromatic heterocycles. The van der Waals surface area contributed by atoms with Crippen molar-refractivity contribution in [1.82, 2.24) is 5.32 Å². The Balaban J connectivity index is 1.62. The van der Waals surface area contributed by atoms with Crippen LogP contribution < -0.4 is 20.7 Å². The van der Waals surface area contributed by atoms with Gasteiger partial charge in [0.15, 0.2) is 6.61 Å². The average Bonchev–Trinajstić information content (AvgIpc) is 3.30. The van der Waals surface area contributed by atoms with Gasteiger partial charge in [-0.2, -0.15) is 0 Å². The first-order valence-electron chi connectivity index (χ1n) is 9.41. The Morgan fingerprint density at radius 2 is 1.77 bits per heavy atom. The maximum Gasteiger partial charge on any atom is 0.265 e. The van der Waals surface area contributed by atoms with E-state index >= 15 is 0 Å². The van der Waals surface area contributed by atoms with Crippen molar-refractivity contribution in [2.24, 2.45) is 0 Å². The van der Waals surface area contributed by atoms with E-state index in [4.69, 9.17) is 16.3 Å². The summed E-state index contributed by atoms with van der Waals surface area (Å²) in [5, 5.41) is 10.3. The lowest BCUT2D eigenvalue weighted by Crippen LogP contribution is -2.28. The van der Waals surface area contributed by atoms with Crippen LogP contribution in [0, 0.1) is 0 Å². The molecule has 7 nitrogen and oxygen atoms in total. The molecule has 1 heterocycles. The molecule has 0 saturated heterocycles. The number of hydrogen-bond acceptors (Lipinski definition) is 5. The molecule has 31 heavy (non-hydrogen) atoms. The number of likely N-dealkylation sites (N-methyl/N-ethyl adjacent to an activating group) is 1. The molecule has 0 aliphatic carbocycles. The number of thiophene rings is 1. The molecule has 0 bridgehead atoms. The fourth-order valence-corrected chi connectivity index (χ4v) is 3.37. The van der Waals surface area contributed by atoms with Crippen LogP contribution in [-0.4, -0.2) is 30.9 Å². The van der Waals surface area contributed by atoms with Crippen molar-refractivity contribution >= 4 is 52.0 Å². The lowest BCUT2D eigenvalue weighted by atomic mass is 10.1. The van der Waals surface area contributed by atoms with Crippen molar-refractivity contribution in [3.8, 4) is 5.75 Å². The zero-order valence-electron chi connectivity index (χ0n) is 16.6. The standard InChI is InChI=1S/C22H20ClN3O4S/c1-2-24-20(27)13-30-16-8-6-15(7-9-16)25-21(28)14-5-10-17(23)18(12-14)26-22(29)19-4-3-11-31-19/h3-12H,2,13H2,1H3,(H,24,27)(H,25,28)(H,26,29). The van der Waals surface area contributed by atoms with Crippen LogP contribution in [0.5, 0.6) is 5.75 Å². The predicted octanol–water partition coefficient (Wildman–Crippen LogP) is 4.42. The van der Waals surface area contributed by atoms with Crippen molar-refractivity contribution in [2.75, 3.05) is 23.8 Å². The molecule has 160 valence electrons. The minimum absolute atomic E-state index is 0.0791. The van der Waals surface area contributed by atoms with Gasteiger partial charge in [-0.3, -0.25) is 14.4 Å². The maximum absolute atomic E-state index is 12.6. The van der Waals surface area contributed by atoms with E-state index in [1.165, 1.54) is 17.4 Å². The fourth-order valence-electron chi connectivity index (χ4n) is 2.59. The molecule has 0 fully saturated rings. The Labute approximate surface area is 188 Å².